The van der Waals surface area contributed by atoms with Crippen LogP contribution in [-0.4, -0.2) is 44.9 Å². The van der Waals surface area contributed by atoms with Crippen molar-refractivity contribution in [2.45, 2.75) is 52.2 Å². The predicted molar refractivity (Wildman–Crippen MR) is 73.1 cm³/mol. The monoisotopic (exact) mass is 265 g/mol. The molecule has 1 N–H and O–H groups in total. The smallest absolute Gasteiger partial charge is 0.272 e. The summed E-state index contributed by atoms with van der Waals surface area (Å²) in [6.45, 7) is 8.11. The quantitative estimate of drug-likeness (QED) is 0.903. The van der Waals surface area contributed by atoms with Crippen LogP contribution in [0.25, 0.3) is 0 Å². The summed E-state index contributed by atoms with van der Waals surface area (Å²) in [5, 5.41) is 14.0. The summed E-state index contributed by atoms with van der Waals surface area (Å²) >= 11 is 0. The second-order valence-corrected chi connectivity index (χ2v) is 5.45. The van der Waals surface area contributed by atoms with E-state index in [9.17, 15) is 9.90 Å². The maximum absolute atomic E-state index is 12.5. The summed E-state index contributed by atoms with van der Waals surface area (Å²) in [7, 11) is 0. The molecular formula is C14H23N3O2. The van der Waals surface area contributed by atoms with Crippen molar-refractivity contribution in [3.8, 4) is 0 Å². The Morgan fingerprint density at radius 2 is 2.11 bits per heavy atom. The third-order valence-electron chi connectivity index (χ3n) is 3.66. The van der Waals surface area contributed by atoms with Gasteiger partial charge in [-0.3, -0.25) is 9.48 Å². The van der Waals surface area contributed by atoms with Crippen LogP contribution in [0.5, 0.6) is 0 Å². The highest BCUT2D eigenvalue weighted by Gasteiger charge is 2.25. The zero-order valence-electron chi connectivity index (χ0n) is 12.0. The number of rotatable bonds is 3. The molecule has 1 aromatic rings. The van der Waals surface area contributed by atoms with Crippen LogP contribution in [0.3, 0.4) is 0 Å². The molecule has 5 nitrogen and oxygen atoms in total. The average molecular weight is 265 g/mol. The molecule has 1 aromatic heterocycles. The van der Waals surface area contributed by atoms with Crippen LogP contribution in [0.1, 0.15) is 55.7 Å². The van der Waals surface area contributed by atoms with E-state index >= 15 is 0 Å². The fourth-order valence-electron chi connectivity index (χ4n) is 2.36. The molecule has 2 heterocycles. The van der Waals surface area contributed by atoms with Gasteiger partial charge in [-0.05, 0) is 31.7 Å². The van der Waals surface area contributed by atoms with Gasteiger partial charge in [0.2, 0.25) is 0 Å². The molecule has 1 fully saturated rings. The van der Waals surface area contributed by atoms with Crippen LogP contribution < -0.4 is 0 Å². The number of amides is 1. The topological polar surface area (TPSA) is 58.4 Å². The minimum Gasteiger partial charge on any atom is -0.393 e. The van der Waals surface area contributed by atoms with Crippen molar-refractivity contribution in [3.63, 3.8) is 0 Å². The van der Waals surface area contributed by atoms with Gasteiger partial charge in [-0.15, -0.1) is 0 Å². The number of carbonyl (C=O) groups is 1. The highest BCUT2D eigenvalue weighted by molar-refractivity contribution is 5.92. The van der Waals surface area contributed by atoms with Gasteiger partial charge in [0.1, 0.15) is 5.69 Å². The van der Waals surface area contributed by atoms with Crippen molar-refractivity contribution < 1.29 is 9.90 Å². The summed E-state index contributed by atoms with van der Waals surface area (Å²) in [6, 6.07) is 1.90. The van der Waals surface area contributed by atoms with Crippen molar-refractivity contribution in [2.24, 2.45) is 0 Å². The normalized spacial score (nSPS) is 17.2. The standard InChI is InChI=1S/C14H23N3O2/c1-4-17-13(9-12(15-17)10(2)3)14(19)16-7-5-11(18)6-8-16/h9-11,18H,4-8H2,1-3H3. The predicted octanol–water partition coefficient (Wildman–Crippen LogP) is 1.62. The number of aromatic nitrogens is 2. The summed E-state index contributed by atoms with van der Waals surface area (Å²) in [6.07, 6.45) is 1.08. The number of aliphatic hydroxyl groups is 1. The van der Waals surface area contributed by atoms with E-state index in [-0.39, 0.29) is 12.0 Å². The lowest BCUT2D eigenvalue weighted by molar-refractivity contribution is 0.0536. The first-order valence-electron chi connectivity index (χ1n) is 7.08. The summed E-state index contributed by atoms with van der Waals surface area (Å²) < 4.78 is 1.78. The first kappa shape index (κ1) is 14.1. The Morgan fingerprint density at radius 1 is 1.47 bits per heavy atom. The van der Waals surface area contributed by atoms with Gasteiger partial charge in [-0.1, -0.05) is 13.8 Å². The highest BCUT2D eigenvalue weighted by atomic mass is 16.3. The van der Waals surface area contributed by atoms with E-state index in [0.717, 1.165) is 5.69 Å². The average Bonchev–Trinajstić information content (AvgIpc) is 2.83. The van der Waals surface area contributed by atoms with Crippen molar-refractivity contribution in [3.05, 3.63) is 17.5 Å². The molecule has 5 heteroatoms. The third kappa shape index (κ3) is 2.97. The Labute approximate surface area is 114 Å². The number of carbonyl (C=O) groups excluding carboxylic acids is 1. The molecule has 0 spiro atoms. The van der Waals surface area contributed by atoms with Gasteiger partial charge >= 0.3 is 0 Å². The van der Waals surface area contributed by atoms with E-state index in [1.807, 2.05) is 17.9 Å². The fraction of sp³-hybridized carbons (Fsp3) is 0.714. The summed E-state index contributed by atoms with van der Waals surface area (Å²) in [5.41, 5.74) is 1.63. The van der Waals surface area contributed by atoms with E-state index in [4.69, 9.17) is 0 Å². The van der Waals surface area contributed by atoms with Crippen molar-refractivity contribution in [2.75, 3.05) is 13.1 Å². The maximum atomic E-state index is 12.5. The van der Waals surface area contributed by atoms with Crippen LogP contribution in [0.4, 0.5) is 0 Å². The molecular weight excluding hydrogens is 242 g/mol. The molecule has 106 valence electrons. The number of aryl methyl sites for hydroxylation is 1. The van der Waals surface area contributed by atoms with Crippen LogP contribution in [-0.2, 0) is 6.54 Å². The second kappa shape index (κ2) is 5.74. The zero-order chi connectivity index (χ0) is 14.0. The molecule has 1 amide bonds. The molecule has 1 aliphatic rings. The van der Waals surface area contributed by atoms with E-state index in [1.165, 1.54) is 0 Å². The van der Waals surface area contributed by atoms with Gasteiger partial charge in [0.05, 0.1) is 11.8 Å². The van der Waals surface area contributed by atoms with E-state index in [0.29, 0.717) is 44.1 Å². The van der Waals surface area contributed by atoms with Gasteiger partial charge in [0.25, 0.3) is 5.91 Å². The fourth-order valence-corrected chi connectivity index (χ4v) is 2.36. The van der Waals surface area contributed by atoms with Gasteiger partial charge in [-0.25, -0.2) is 0 Å². The molecule has 0 unspecified atom stereocenters. The first-order chi connectivity index (χ1) is 9.02. The lowest BCUT2D eigenvalue weighted by Gasteiger charge is -2.29. The van der Waals surface area contributed by atoms with Crippen LogP contribution in [0.2, 0.25) is 0 Å². The number of likely N-dealkylation sites (tertiary alicyclic amines) is 1. The SMILES string of the molecule is CCn1nc(C(C)C)cc1C(=O)N1CCC(O)CC1. The number of nitrogens with zero attached hydrogens (tertiary/aromatic N) is 3. The van der Waals surface area contributed by atoms with E-state index in [1.54, 1.807) is 4.68 Å². The van der Waals surface area contributed by atoms with E-state index in [2.05, 4.69) is 18.9 Å². The Balaban J connectivity index is 2.18. The number of hydrogen-bond acceptors (Lipinski definition) is 3. The summed E-state index contributed by atoms with van der Waals surface area (Å²) in [4.78, 5) is 14.3. The Kier molecular flexibility index (Phi) is 4.24. The molecule has 2 rings (SSSR count). The molecule has 0 saturated carbocycles. The lowest BCUT2D eigenvalue weighted by atomic mass is 10.1. The molecule has 0 radical (unpaired) electrons. The van der Waals surface area contributed by atoms with Crippen molar-refractivity contribution >= 4 is 5.91 Å². The van der Waals surface area contributed by atoms with E-state index < -0.39 is 0 Å². The molecule has 19 heavy (non-hydrogen) atoms. The molecule has 0 atom stereocenters. The Hall–Kier alpha value is -1.36. The Bertz CT molecular complexity index is 446. The second-order valence-electron chi connectivity index (χ2n) is 5.45. The summed E-state index contributed by atoms with van der Waals surface area (Å²) in [5.74, 6) is 0.357. The Morgan fingerprint density at radius 3 is 2.63 bits per heavy atom. The number of hydrogen-bond donors (Lipinski definition) is 1. The minimum atomic E-state index is -0.258. The van der Waals surface area contributed by atoms with Gasteiger partial charge in [0.15, 0.2) is 0 Å². The molecule has 1 saturated heterocycles. The van der Waals surface area contributed by atoms with Crippen LogP contribution in [0.15, 0.2) is 6.07 Å². The molecule has 0 aromatic carbocycles. The molecule has 0 aliphatic carbocycles. The van der Waals surface area contributed by atoms with Gasteiger partial charge in [-0.2, -0.15) is 5.10 Å². The maximum Gasteiger partial charge on any atom is 0.272 e. The van der Waals surface area contributed by atoms with Gasteiger partial charge < -0.3 is 10.0 Å². The van der Waals surface area contributed by atoms with Crippen LogP contribution in [0, 0.1) is 0 Å². The van der Waals surface area contributed by atoms with Crippen molar-refractivity contribution in [1.82, 2.24) is 14.7 Å². The molecule has 1 aliphatic heterocycles. The minimum absolute atomic E-state index is 0.0353. The molecule has 0 bridgehead atoms. The van der Waals surface area contributed by atoms with Gasteiger partial charge in [0, 0.05) is 19.6 Å². The van der Waals surface area contributed by atoms with Crippen LogP contribution >= 0.6 is 0 Å². The zero-order valence-corrected chi connectivity index (χ0v) is 12.0. The number of piperidine rings is 1. The third-order valence-corrected chi connectivity index (χ3v) is 3.66. The number of aliphatic hydroxyl groups excluding tert-OH is 1. The largest absolute Gasteiger partial charge is 0.393 e. The highest BCUT2D eigenvalue weighted by Crippen LogP contribution is 2.18. The first-order valence-corrected chi connectivity index (χ1v) is 7.08. The lowest BCUT2D eigenvalue weighted by Crippen LogP contribution is -2.40. The van der Waals surface area contributed by atoms with Crippen molar-refractivity contribution in [1.29, 1.82) is 0 Å².